The van der Waals surface area contributed by atoms with E-state index in [0.29, 0.717) is 4.90 Å². The smallest absolute Gasteiger partial charge is 0.206 e. The van der Waals surface area contributed by atoms with Crippen LogP contribution in [0.4, 0.5) is 0 Å². The molecule has 1 atom stereocenters. The van der Waals surface area contributed by atoms with E-state index in [2.05, 4.69) is 24.5 Å². The van der Waals surface area contributed by atoms with Gasteiger partial charge in [-0.1, -0.05) is 32.9 Å². The highest BCUT2D eigenvalue weighted by molar-refractivity contribution is 7.81. The molecule has 0 aliphatic heterocycles. The monoisotopic (exact) mass is 232 g/mol. The van der Waals surface area contributed by atoms with E-state index in [1.807, 2.05) is 12.1 Å². The molecule has 0 fully saturated rings. The highest BCUT2D eigenvalue weighted by Gasteiger charge is 2.13. The third-order valence-electron chi connectivity index (χ3n) is 1.97. The summed E-state index contributed by atoms with van der Waals surface area (Å²) < 4.78 is 15.3. The normalized spacial score (nSPS) is 14.0. The fraction of sp³-hybridized carbons (Fsp3) is 0.400. The van der Waals surface area contributed by atoms with E-state index < -0.39 is 11.1 Å². The molecule has 4 heteroatoms. The Bertz CT molecular complexity index is 327. The maximum absolute atomic E-state index is 11.1. The first kappa shape index (κ1) is 11.7. The number of halogens is 1. The van der Waals surface area contributed by atoms with Crippen LogP contribution in [0.15, 0.2) is 29.2 Å². The molecule has 0 aliphatic rings. The highest BCUT2D eigenvalue weighted by atomic mass is 35.5. The fourth-order valence-electron chi connectivity index (χ4n) is 1.10. The average Bonchev–Trinajstić information content (AvgIpc) is 2.15. The van der Waals surface area contributed by atoms with Crippen molar-refractivity contribution in [2.24, 2.45) is 0 Å². The first-order valence-electron chi connectivity index (χ1n) is 4.26. The Morgan fingerprint density at radius 3 is 2.07 bits per heavy atom. The SMILES string of the molecule is CC(C)(C)c1ccc([S@@](=O)OCl)cc1. The lowest BCUT2D eigenvalue weighted by Gasteiger charge is -2.18. The van der Waals surface area contributed by atoms with Gasteiger partial charge in [0, 0.05) is 0 Å². The van der Waals surface area contributed by atoms with Gasteiger partial charge in [-0.05, 0) is 23.1 Å². The number of rotatable bonds is 2. The van der Waals surface area contributed by atoms with Gasteiger partial charge >= 0.3 is 0 Å². The minimum Gasteiger partial charge on any atom is -0.223 e. The topological polar surface area (TPSA) is 26.3 Å². The second-order valence-corrected chi connectivity index (χ2v) is 5.52. The van der Waals surface area contributed by atoms with Crippen molar-refractivity contribution in [2.75, 3.05) is 0 Å². The van der Waals surface area contributed by atoms with Gasteiger partial charge in [-0.3, -0.25) is 0 Å². The molecule has 2 nitrogen and oxygen atoms in total. The molecule has 14 heavy (non-hydrogen) atoms. The van der Waals surface area contributed by atoms with Crippen LogP contribution in [0.3, 0.4) is 0 Å². The Kier molecular flexibility index (Phi) is 3.70. The second-order valence-electron chi connectivity index (χ2n) is 4.07. The molecule has 0 aromatic heterocycles. The molecule has 78 valence electrons. The van der Waals surface area contributed by atoms with Crippen molar-refractivity contribution in [3.05, 3.63) is 29.8 Å². The summed E-state index contributed by atoms with van der Waals surface area (Å²) in [5.74, 6) is 0. The van der Waals surface area contributed by atoms with Crippen LogP contribution in [0.25, 0.3) is 0 Å². The molecule has 0 saturated carbocycles. The van der Waals surface area contributed by atoms with E-state index in [4.69, 9.17) is 11.9 Å². The van der Waals surface area contributed by atoms with Gasteiger partial charge in [-0.15, -0.1) is 0 Å². The van der Waals surface area contributed by atoms with Crippen LogP contribution in [0.1, 0.15) is 26.3 Å². The molecule has 0 aliphatic carbocycles. The molecule has 1 rings (SSSR count). The van der Waals surface area contributed by atoms with Crippen molar-refractivity contribution in [3.63, 3.8) is 0 Å². The summed E-state index contributed by atoms with van der Waals surface area (Å²) >= 11 is 3.46. The molecule has 0 amide bonds. The summed E-state index contributed by atoms with van der Waals surface area (Å²) in [7, 11) is 0. The van der Waals surface area contributed by atoms with Crippen molar-refractivity contribution in [1.82, 2.24) is 0 Å². The second kappa shape index (κ2) is 4.43. The van der Waals surface area contributed by atoms with Gasteiger partial charge in [0.15, 0.2) is 0 Å². The van der Waals surface area contributed by atoms with Gasteiger partial charge in [-0.2, -0.15) is 3.74 Å². The fourth-order valence-corrected chi connectivity index (χ4v) is 1.75. The van der Waals surface area contributed by atoms with Crippen LogP contribution in [-0.4, -0.2) is 4.21 Å². The van der Waals surface area contributed by atoms with E-state index >= 15 is 0 Å². The molecule has 1 aromatic rings. The van der Waals surface area contributed by atoms with Gasteiger partial charge in [0.1, 0.15) is 0 Å². The van der Waals surface area contributed by atoms with Crippen molar-refractivity contribution < 1.29 is 7.94 Å². The Morgan fingerprint density at radius 2 is 1.71 bits per heavy atom. The van der Waals surface area contributed by atoms with E-state index in [1.54, 1.807) is 12.1 Å². The Balaban J connectivity index is 2.95. The van der Waals surface area contributed by atoms with Gasteiger partial charge in [0.2, 0.25) is 11.1 Å². The van der Waals surface area contributed by atoms with Crippen LogP contribution in [0, 0.1) is 0 Å². The molecule has 0 saturated heterocycles. The van der Waals surface area contributed by atoms with E-state index in [1.165, 1.54) is 5.56 Å². The van der Waals surface area contributed by atoms with Crippen LogP contribution in [0.2, 0.25) is 0 Å². The Morgan fingerprint density at radius 1 is 1.21 bits per heavy atom. The van der Waals surface area contributed by atoms with Crippen molar-refractivity contribution in [3.8, 4) is 0 Å². The lowest BCUT2D eigenvalue weighted by atomic mass is 9.87. The predicted molar refractivity (Wildman–Crippen MR) is 58.5 cm³/mol. The molecule has 0 bridgehead atoms. The van der Waals surface area contributed by atoms with Crippen LogP contribution in [-0.2, 0) is 20.2 Å². The number of benzene rings is 1. The van der Waals surface area contributed by atoms with E-state index in [-0.39, 0.29) is 5.41 Å². The quantitative estimate of drug-likeness (QED) is 0.783. The Labute approximate surface area is 92.1 Å². The summed E-state index contributed by atoms with van der Waals surface area (Å²) in [5.41, 5.74) is 1.29. The van der Waals surface area contributed by atoms with Crippen LogP contribution < -0.4 is 0 Å². The summed E-state index contributed by atoms with van der Waals surface area (Å²) in [6.07, 6.45) is 0. The molecule has 0 unspecified atom stereocenters. The zero-order valence-corrected chi connectivity index (χ0v) is 9.98. The van der Waals surface area contributed by atoms with Crippen molar-refractivity contribution in [1.29, 1.82) is 0 Å². The number of hydrogen-bond acceptors (Lipinski definition) is 2. The zero-order chi connectivity index (χ0) is 10.8. The zero-order valence-electron chi connectivity index (χ0n) is 8.41. The van der Waals surface area contributed by atoms with Gasteiger partial charge in [0.25, 0.3) is 0 Å². The molecule has 1 aromatic carbocycles. The van der Waals surface area contributed by atoms with Gasteiger partial charge < -0.3 is 0 Å². The first-order chi connectivity index (χ1) is 6.45. The largest absolute Gasteiger partial charge is 0.223 e. The van der Waals surface area contributed by atoms with Gasteiger partial charge in [0.05, 0.1) is 16.8 Å². The Hall–Kier alpha value is -0.380. The molecular weight excluding hydrogens is 220 g/mol. The summed E-state index contributed by atoms with van der Waals surface area (Å²) in [5, 5.41) is 0. The molecule has 0 radical (unpaired) electrons. The summed E-state index contributed by atoms with van der Waals surface area (Å²) in [4.78, 5) is 0.577. The summed E-state index contributed by atoms with van der Waals surface area (Å²) in [6.45, 7) is 6.37. The molecule has 0 heterocycles. The lowest BCUT2D eigenvalue weighted by Crippen LogP contribution is -2.10. The predicted octanol–water partition coefficient (Wildman–Crippen LogP) is 3.18. The standard InChI is InChI=1S/C10H13ClO2S/c1-10(2,3)8-4-6-9(7-5-8)14(12)13-11/h4-7H,1-3H3/t14-/m0/s1. The third-order valence-corrected chi connectivity index (χ3v) is 3.08. The lowest BCUT2D eigenvalue weighted by molar-refractivity contribution is 0.586. The van der Waals surface area contributed by atoms with E-state index in [9.17, 15) is 4.21 Å². The first-order valence-corrected chi connectivity index (χ1v) is 5.65. The number of hydrogen-bond donors (Lipinski definition) is 0. The van der Waals surface area contributed by atoms with Crippen LogP contribution >= 0.6 is 11.9 Å². The third kappa shape index (κ3) is 2.80. The van der Waals surface area contributed by atoms with Crippen molar-refractivity contribution >= 4 is 22.9 Å². The maximum atomic E-state index is 11.1. The molecule has 0 N–H and O–H groups in total. The highest BCUT2D eigenvalue weighted by Crippen LogP contribution is 2.23. The molecule has 0 spiro atoms. The summed E-state index contributed by atoms with van der Waals surface area (Å²) in [6, 6.07) is 7.39. The van der Waals surface area contributed by atoms with Gasteiger partial charge in [-0.25, -0.2) is 4.21 Å². The molecular formula is C10H13ClO2S. The maximum Gasteiger partial charge on any atom is 0.206 e. The van der Waals surface area contributed by atoms with Crippen LogP contribution in [0.5, 0.6) is 0 Å². The average molecular weight is 233 g/mol. The van der Waals surface area contributed by atoms with E-state index in [0.717, 1.165) is 0 Å². The van der Waals surface area contributed by atoms with Crippen molar-refractivity contribution in [2.45, 2.75) is 31.1 Å². The minimum atomic E-state index is -1.56. The minimum absolute atomic E-state index is 0.0991.